The normalized spacial score (nSPS) is 11.9. The molecule has 1 unspecified atom stereocenters. The molecule has 0 aliphatic rings. The number of hydrogen-bond acceptors (Lipinski definition) is 5. The van der Waals surface area contributed by atoms with E-state index < -0.39 is 0 Å². The van der Waals surface area contributed by atoms with Crippen LogP contribution in [0.5, 0.6) is 0 Å². The van der Waals surface area contributed by atoms with Gasteiger partial charge in [-0.3, -0.25) is 4.79 Å². The van der Waals surface area contributed by atoms with Crippen molar-refractivity contribution in [1.29, 1.82) is 0 Å². The zero-order chi connectivity index (χ0) is 18.4. The van der Waals surface area contributed by atoms with Gasteiger partial charge in [-0.25, -0.2) is 4.39 Å². The summed E-state index contributed by atoms with van der Waals surface area (Å²) in [4.78, 5) is 12.4. The second-order valence-corrected chi connectivity index (χ2v) is 6.92. The molecule has 0 spiro atoms. The molecule has 3 rings (SSSR count). The van der Waals surface area contributed by atoms with Crippen molar-refractivity contribution < 1.29 is 9.18 Å². The minimum absolute atomic E-state index is 0.139. The number of hydrogen-bond donors (Lipinski definition) is 2. The first kappa shape index (κ1) is 18.0. The van der Waals surface area contributed by atoms with Crippen LogP contribution in [0, 0.1) is 5.82 Å². The van der Waals surface area contributed by atoms with E-state index in [0.29, 0.717) is 23.7 Å². The molecule has 134 valence electrons. The average Bonchev–Trinajstić information content (AvgIpc) is 3.06. The van der Waals surface area contributed by atoms with Gasteiger partial charge in [0.15, 0.2) is 0 Å². The number of carbonyl (C=O) groups excluding carboxylic acids is 1. The van der Waals surface area contributed by atoms with Gasteiger partial charge < -0.3 is 11.1 Å². The molecule has 1 atom stereocenters. The van der Waals surface area contributed by atoms with Gasteiger partial charge in [0.05, 0.1) is 0 Å². The molecule has 3 N–H and O–H groups in total. The molecular formula is C19H19FN4OS. The molecule has 0 bridgehead atoms. The third-order valence-corrected chi connectivity index (χ3v) is 4.83. The number of rotatable bonds is 7. The third-order valence-electron chi connectivity index (χ3n) is 4.02. The molecule has 26 heavy (non-hydrogen) atoms. The number of halogens is 1. The maximum Gasteiger partial charge on any atom is 0.220 e. The Morgan fingerprint density at radius 1 is 1.12 bits per heavy atom. The second kappa shape index (κ2) is 8.53. The van der Waals surface area contributed by atoms with Gasteiger partial charge in [0.1, 0.15) is 10.8 Å². The van der Waals surface area contributed by atoms with E-state index in [1.807, 2.05) is 30.3 Å². The summed E-state index contributed by atoms with van der Waals surface area (Å²) < 4.78 is 14.3. The Labute approximate surface area is 155 Å². The number of nitrogens with zero attached hydrogens (tertiary/aromatic N) is 2. The number of benzene rings is 2. The zero-order valence-electron chi connectivity index (χ0n) is 14.1. The quantitative estimate of drug-likeness (QED) is 0.669. The van der Waals surface area contributed by atoms with Crippen LogP contribution in [-0.4, -0.2) is 22.6 Å². The molecule has 1 amide bonds. The lowest BCUT2D eigenvalue weighted by atomic mass is 9.88. The lowest BCUT2D eigenvalue weighted by Gasteiger charge is -2.18. The van der Waals surface area contributed by atoms with E-state index in [-0.39, 0.29) is 24.1 Å². The SMILES string of the molecule is Nc1nnc(CCNC(=O)CC(c2ccccc2)c2ccccc2F)s1. The molecule has 2 aromatic carbocycles. The van der Waals surface area contributed by atoms with Crippen LogP contribution in [-0.2, 0) is 11.2 Å². The lowest BCUT2D eigenvalue weighted by Crippen LogP contribution is -2.27. The van der Waals surface area contributed by atoms with E-state index >= 15 is 0 Å². The summed E-state index contributed by atoms with van der Waals surface area (Å²) in [5.74, 6) is -0.785. The summed E-state index contributed by atoms with van der Waals surface area (Å²) in [6, 6.07) is 16.1. The van der Waals surface area contributed by atoms with Gasteiger partial charge in [-0.15, -0.1) is 10.2 Å². The van der Waals surface area contributed by atoms with E-state index in [9.17, 15) is 9.18 Å². The highest BCUT2D eigenvalue weighted by atomic mass is 32.1. The summed E-state index contributed by atoms with van der Waals surface area (Å²) >= 11 is 1.30. The summed E-state index contributed by atoms with van der Waals surface area (Å²) in [6.07, 6.45) is 0.736. The van der Waals surface area contributed by atoms with Gasteiger partial charge in [0, 0.05) is 25.3 Å². The predicted molar refractivity (Wildman–Crippen MR) is 100 cm³/mol. The monoisotopic (exact) mass is 370 g/mol. The molecule has 1 aromatic heterocycles. The van der Waals surface area contributed by atoms with Crippen LogP contribution in [0.25, 0.3) is 0 Å². The highest BCUT2D eigenvalue weighted by molar-refractivity contribution is 7.15. The molecule has 0 radical (unpaired) electrons. The molecule has 0 aliphatic heterocycles. The Balaban J connectivity index is 1.67. The maximum absolute atomic E-state index is 14.3. The van der Waals surface area contributed by atoms with E-state index in [4.69, 9.17) is 5.73 Å². The van der Waals surface area contributed by atoms with E-state index in [2.05, 4.69) is 15.5 Å². The standard InChI is InChI=1S/C19H19FN4OS/c20-16-9-5-4-8-14(16)15(13-6-2-1-3-7-13)12-17(25)22-11-10-18-23-24-19(21)26-18/h1-9,15H,10-12H2,(H2,21,24)(H,22,25). The van der Waals surface area contributed by atoms with Crippen molar-refractivity contribution in [3.05, 3.63) is 76.5 Å². The summed E-state index contributed by atoms with van der Waals surface area (Å²) in [7, 11) is 0. The molecular weight excluding hydrogens is 351 g/mol. The number of carbonyl (C=O) groups is 1. The first-order valence-corrected chi connectivity index (χ1v) is 9.09. The van der Waals surface area contributed by atoms with E-state index in [1.54, 1.807) is 18.2 Å². The van der Waals surface area contributed by atoms with Crippen molar-refractivity contribution in [2.24, 2.45) is 0 Å². The van der Waals surface area contributed by atoms with Crippen LogP contribution in [0.2, 0.25) is 0 Å². The Morgan fingerprint density at radius 3 is 2.54 bits per heavy atom. The third kappa shape index (κ3) is 4.64. The summed E-state index contributed by atoms with van der Waals surface area (Å²) in [5.41, 5.74) is 6.97. The lowest BCUT2D eigenvalue weighted by molar-refractivity contribution is -0.121. The Morgan fingerprint density at radius 2 is 1.85 bits per heavy atom. The van der Waals surface area contributed by atoms with Crippen molar-refractivity contribution in [1.82, 2.24) is 15.5 Å². The number of nitrogens with one attached hydrogen (secondary N) is 1. The number of nitrogen functional groups attached to an aromatic ring is 1. The fraction of sp³-hybridized carbons (Fsp3) is 0.211. The van der Waals surface area contributed by atoms with Crippen molar-refractivity contribution in [3.8, 4) is 0 Å². The van der Waals surface area contributed by atoms with Crippen LogP contribution >= 0.6 is 11.3 Å². The first-order valence-electron chi connectivity index (χ1n) is 8.27. The summed E-state index contributed by atoms with van der Waals surface area (Å²) in [5, 5.41) is 11.7. The number of amides is 1. The van der Waals surface area contributed by atoms with Crippen LogP contribution in [0.15, 0.2) is 54.6 Å². The Bertz CT molecular complexity index is 869. The first-order chi connectivity index (χ1) is 12.6. The molecule has 3 aromatic rings. The topological polar surface area (TPSA) is 80.9 Å². The van der Waals surface area contributed by atoms with E-state index in [0.717, 1.165) is 10.6 Å². The Kier molecular flexibility index (Phi) is 5.91. The molecule has 1 heterocycles. The van der Waals surface area contributed by atoms with Gasteiger partial charge in [0.25, 0.3) is 0 Å². The maximum atomic E-state index is 14.3. The predicted octanol–water partition coefficient (Wildman–Crippen LogP) is 3.14. The van der Waals surface area contributed by atoms with Gasteiger partial charge in [-0.2, -0.15) is 0 Å². The minimum Gasteiger partial charge on any atom is -0.374 e. The van der Waals surface area contributed by atoms with E-state index in [1.165, 1.54) is 17.4 Å². The van der Waals surface area contributed by atoms with Crippen LogP contribution < -0.4 is 11.1 Å². The van der Waals surface area contributed by atoms with Crippen molar-refractivity contribution >= 4 is 22.4 Å². The van der Waals surface area contributed by atoms with Crippen LogP contribution in [0.1, 0.15) is 28.5 Å². The van der Waals surface area contributed by atoms with Crippen LogP contribution in [0.3, 0.4) is 0 Å². The fourth-order valence-electron chi connectivity index (χ4n) is 2.78. The highest BCUT2D eigenvalue weighted by Gasteiger charge is 2.21. The second-order valence-electron chi connectivity index (χ2n) is 5.82. The zero-order valence-corrected chi connectivity index (χ0v) is 14.9. The molecule has 7 heteroatoms. The van der Waals surface area contributed by atoms with Crippen molar-refractivity contribution in [3.63, 3.8) is 0 Å². The average molecular weight is 370 g/mol. The number of nitrogens with two attached hydrogens (primary N) is 1. The number of anilines is 1. The largest absolute Gasteiger partial charge is 0.374 e. The van der Waals surface area contributed by atoms with Gasteiger partial charge in [-0.05, 0) is 17.2 Å². The minimum atomic E-state index is -0.338. The molecule has 0 saturated heterocycles. The molecule has 5 nitrogen and oxygen atoms in total. The van der Waals surface area contributed by atoms with Gasteiger partial charge in [-0.1, -0.05) is 59.9 Å². The summed E-state index contributed by atoms with van der Waals surface area (Å²) in [6.45, 7) is 0.437. The Hall–Kier alpha value is -2.80. The molecule has 0 aliphatic carbocycles. The number of aromatic nitrogens is 2. The van der Waals surface area contributed by atoms with Gasteiger partial charge >= 0.3 is 0 Å². The van der Waals surface area contributed by atoms with Crippen molar-refractivity contribution in [2.45, 2.75) is 18.8 Å². The highest BCUT2D eigenvalue weighted by Crippen LogP contribution is 2.29. The van der Waals surface area contributed by atoms with Crippen LogP contribution in [0.4, 0.5) is 9.52 Å². The molecule has 0 saturated carbocycles. The molecule has 0 fully saturated rings. The smallest absolute Gasteiger partial charge is 0.220 e. The van der Waals surface area contributed by atoms with Crippen molar-refractivity contribution in [2.75, 3.05) is 12.3 Å². The van der Waals surface area contributed by atoms with Gasteiger partial charge in [0.2, 0.25) is 11.0 Å². The fourth-order valence-corrected chi connectivity index (χ4v) is 3.39.